The highest BCUT2D eigenvalue weighted by molar-refractivity contribution is 6.37. The molecule has 0 spiro atoms. The lowest BCUT2D eigenvalue weighted by molar-refractivity contribution is -0.139. The summed E-state index contributed by atoms with van der Waals surface area (Å²) in [6, 6.07) is 4.56. The first-order valence-corrected chi connectivity index (χ1v) is 9.19. The molecule has 1 heterocycles. The van der Waals surface area contributed by atoms with E-state index in [4.69, 9.17) is 11.6 Å². The average Bonchev–Trinajstić information content (AvgIpc) is 2.92. The highest BCUT2D eigenvalue weighted by Crippen LogP contribution is 2.38. The van der Waals surface area contributed by atoms with Crippen LogP contribution >= 0.6 is 11.6 Å². The normalized spacial score (nSPS) is 18.1. The van der Waals surface area contributed by atoms with Crippen molar-refractivity contribution < 1.29 is 26.7 Å². The SMILES string of the molecule is O=C(CCC1CCC(F)(F)CC1)c1cn(CC(F)(F)F)c2cccc(Cl)c12. The number of benzene rings is 1. The highest BCUT2D eigenvalue weighted by atomic mass is 35.5. The molecular formula is C19H19ClF5NO. The summed E-state index contributed by atoms with van der Waals surface area (Å²) in [4.78, 5) is 12.7. The zero-order valence-electron chi connectivity index (χ0n) is 14.5. The fourth-order valence-electron chi connectivity index (χ4n) is 3.70. The zero-order chi connectivity index (χ0) is 19.8. The van der Waals surface area contributed by atoms with Crippen molar-refractivity contribution in [3.8, 4) is 0 Å². The summed E-state index contributed by atoms with van der Waals surface area (Å²) in [5, 5.41) is 0.526. The fraction of sp³-hybridized carbons (Fsp3) is 0.526. The second kappa shape index (κ2) is 7.41. The van der Waals surface area contributed by atoms with Gasteiger partial charge in [-0.1, -0.05) is 17.7 Å². The maximum absolute atomic E-state index is 13.2. The first kappa shape index (κ1) is 20.1. The molecule has 27 heavy (non-hydrogen) atoms. The molecule has 1 aromatic heterocycles. The third-order valence-electron chi connectivity index (χ3n) is 5.12. The van der Waals surface area contributed by atoms with E-state index in [1.54, 1.807) is 0 Å². The monoisotopic (exact) mass is 407 g/mol. The van der Waals surface area contributed by atoms with Gasteiger partial charge in [0.05, 0.1) is 10.5 Å². The molecule has 0 unspecified atom stereocenters. The molecule has 8 heteroatoms. The van der Waals surface area contributed by atoms with Crippen LogP contribution in [0.4, 0.5) is 22.0 Å². The van der Waals surface area contributed by atoms with E-state index >= 15 is 0 Å². The number of carbonyl (C=O) groups excluding carboxylic acids is 1. The number of Topliss-reactive ketones (excluding diaryl/α,β-unsaturated/α-hetero) is 1. The zero-order valence-corrected chi connectivity index (χ0v) is 15.2. The van der Waals surface area contributed by atoms with Gasteiger partial charge in [0.2, 0.25) is 5.92 Å². The van der Waals surface area contributed by atoms with E-state index in [9.17, 15) is 26.7 Å². The van der Waals surface area contributed by atoms with Crippen LogP contribution in [0.2, 0.25) is 5.02 Å². The number of nitrogens with zero attached hydrogens (tertiary/aromatic N) is 1. The molecule has 0 radical (unpaired) electrons. The van der Waals surface area contributed by atoms with Gasteiger partial charge in [0, 0.05) is 36.4 Å². The van der Waals surface area contributed by atoms with Gasteiger partial charge in [-0.15, -0.1) is 0 Å². The summed E-state index contributed by atoms with van der Waals surface area (Å²) in [6.07, 6.45) is -2.32. The maximum Gasteiger partial charge on any atom is 0.406 e. The van der Waals surface area contributed by atoms with Crippen molar-refractivity contribution >= 4 is 28.3 Å². The Hall–Kier alpha value is -1.63. The fourth-order valence-corrected chi connectivity index (χ4v) is 3.97. The van der Waals surface area contributed by atoms with Crippen LogP contribution in [-0.2, 0) is 6.54 Å². The predicted octanol–water partition coefficient (Wildman–Crippen LogP) is 6.65. The van der Waals surface area contributed by atoms with E-state index in [0.29, 0.717) is 24.6 Å². The van der Waals surface area contributed by atoms with Crippen LogP contribution in [0.15, 0.2) is 24.4 Å². The van der Waals surface area contributed by atoms with Crippen molar-refractivity contribution in [2.45, 2.75) is 57.2 Å². The highest BCUT2D eigenvalue weighted by Gasteiger charge is 2.35. The molecule has 0 amide bonds. The lowest BCUT2D eigenvalue weighted by Gasteiger charge is -2.27. The van der Waals surface area contributed by atoms with Crippen LogP contribution in [-0.4, -0.2) is 22.4 Å². The molecule has 1 aliphatic rings. The molecule has 3 rings (SSSR count). The Morgan fingerprint density at radius 1 is 1.22 bits per heavy atom. The molecule has 1 saturated carbocycles. The van der Waals surface area contributed by atoms with Crippen LogP contribution in [0.3, 0.4) is 0 Å². The number of fused-ring (bicyclic) bond motifs is 1. The largest absolute Gasteiger partial charge is 0.406 e. The van der Waals surface area contributed by atoms with E-state index in [1.807, 2.05) is 0 Å². The van der Waals surface area contributed by atoms with Crippen LogP contribution in [0.5, 0.6) is 0 Å². The third kappa shape index (κ3) is 4.81. The van der Waals surface area contributed by atoms with Crippen molar-refractivity contribution in [3.05, 3.63) is 35.0 Å². The van der Waals surface area contributed by atoms with Gasteiger partial charge >= 0.3 is 6.18 Å². The van der Waals surface area contributed by atoms with Gasteiger partial charge in [0.1, 0.15) is 6.54 Å². The maximum atomic E-state index is 13.2. The van der Waals surface area contributed by atoms with Crippen LogP contribution in [0.1, 0.15) is 48.9 Å². The molecule has 2 nitrogen and oxygen atoms in total. The van der Waals surface area contributed by atoms with E-state index in [1.165, 1.54) is 24.4 Å². The summed E-state index contributed by atoms with van der Waals surface area (Å²) in [5.41, 5.74) is 0.404. The first-order chi connectivity index (χ1) is 12.6. The Labute approximate surface area is 158 Å². The van der Waals surface area contributed by atoms with Crippen LogP contribution in [0, 0.1) is 5.92 Å². The number of hydrogen-bond donors (Lipinski definition) is 0. The van der Waals surface area contributed by atoms with Crippen molar-refractivity contribution in [2.24, 2.45) is 5.92 Å². The lowest BCUT2D eigenvalue weighted by atomic mass is 9.83. The number of ketones is 1. The lowest BCUT2D eigenvalue weighted by Crippen LogP contribution is -2.24. The Morgan fingerprint density at radius 3 is 2.52 bits per heavy atom. The minimum atomic E-state index is -4.43. The van der Waals surface area contributed by atoms with E-state index in [0.717, 1.165) is 4.57 Å². The Kier molecular flexibility index (Phi) is 5.52. The summed E-state index contributed by atoms with van der Waals surface area (Å²) in [7, 11) is 0. The minimum absolute atomic E-state index is 0.0348. The molecule has 148 valence electrons. The number of halogens is 6. The second-order valence-corrected chi connectivity index (χ2v) is 7.59. The predicted molar refractivity (Wildman–Crippen MR) is 93.5 cm³/mol. The van der Waals surface area contributed by atoms with E-state index in [2.05, 4.69) is 0 Å². The molecule has 1 aliphatic carbocycles. The number of aromatic nitrogens is 1. The molecule has 2 aromatic rings. The van der Waals surface area contributed by atoms with Gasteiger partial charge in [0.25, 0.3) is 0 Å². The third-order valence-corrected chi connectivity index (χ3v) is 5.44. The number of hydrogen-bond acceptors (Lipinski definition) is 1. The second-order valence-electron chi connectivity index (χ2n) is 7.18. The number of carbonyl (C=O) groups is 1. The Morgan fingerprint density at radius 2 is 1.89 bits per heavy atom. The minimum Gasteiger partial charge on any atom is -0.338 e. The summed E-state index contributed by atoms with van der Waals surface area (Å²) in [5.74, 6) is -2.90. The first-order valence-electron chi connectivity index (χ1n) is 8.81. The number of alkyl halides is 5. The molecule has 0 aliphatic heterocycles. The van der Waals surface area contributed by atoms with Gasteiger partial charge in [0.15, 0.2) is 5.78 Å². The van der Waals surface area contributed by atoms with Gasteiger partial charge in [-0.05, 0) is 37.3 Å². The number of rotatable bonds is 5. The Bertz CT molecular complexity index is 832. The van der Waals surface area contributed by atoms with Gasteiger partial charge in [-0.25, -0.2) is 8.78 Å². The Balaban J connectivity index is 1.78. The molecule has 1 aromatic carbocycles. The van der Waals surface area contributed by atoms with E-state index in [-0.39, 0.29) is 47.1 Å². The van der Waals surface area contributed by atoms with E-state index < -0.39 is 18.6 Å². The average molecular weight is 408 g/mol. The van der Waals surface area contributed by atoms with Crippen molar-refractivity contribution in [1.29, 1.82) is 0 Å². The smallest absolute Gasteiger partial charge is 0.338 e. The van der Waals surface area contributed by atoms with Gasteiger partial charge in [-0.2, -0.15) is 13.2 Å². The van der Waals surface area contributed by atoms with Crippen LogP contribution < -0.4 is 0 Å². The topological polar surface area (TPSA) is 22.0 Å². The molecule has 0 N–H and O–H groups in total. The van der Waals surface area contributed by atoms with Crippen LogP contribution in [0.25, 0.3) is 10.9 Å². The molecule has 0 saturated heterocycles. The molecule has 1 fully saturated rings. The standard InChI is InChI=1S/C19H19ClF5NO/c20-14-2-1-3-15-17(14)13(10-26(15)11-19(23,24)25)16(27)5-4-12-6-8-18(21,22)9-7-12/h1-3,10,12H,4-9,11H2. The summed E-state index contributed by atoms with van der Waals surface area (Å²) in [6.45, 7) is -1.21. The van der Waals surface area contributed by atoms with Gasteiger partial charge < -0.3 is 4.57 Å². The van der Waals surface area contributed by atoms with Crippen molar-refractivity contribution in [1.82, 2.24) is 4.57 Å². The summed E-state index contributed by atoms with van der Waals surface area (Å²) < 4.78 is 65.9. The molecular weight excluding hydrogens is 389 g/mol. The van der Waals surface area contributed by atoms with Crippen molar-refractivity contribution in [3.63, 3.8) is 0 Å². The summed E-state index contributed by atoms with van der Waals surface area (Å²) >= 11 is 6.14. The molecule has 0 atom stereocenters. The van der Waals surface area contributed by atoms with Crippen molar-refractivity contribution in [2.75, 3.05) is 0 Å². The van der Waals surface area contributed by atoms with Gasteiger partial charge in [-0.3, -0.25) is 4.79 Å². The molecule has 0 bridgehead atoms. The quantitative estimate of drug-likeness (QED) is 0.402.